The molecule has 0 spiro atoms. The zero-order valence-corrected chi connectivity index (χ0v) is 9.98. The van der Waals surface area contributed by atoms with Gasteiger partial charge >= 0.3 is 0 Å². The van der Waals surface area contributed by atoms with E-state index in [-0.39, 0.29) is 5.78 Å². The smallest absolute Gasteiger partial charge is 0.143 e. The number of Topliss-reactive ketones (excluding diaryl/α,β-unsaturated/α-hetero) is 1. The van der Waals surface area contributed by atoms with Crippen LogP contribution in [0.4, 0.5) is 0 Å². The Morgan fingerprint density at radius 2 is 1.73 bits per heavy atom. The minimum atomic E-state index is 0.177. The van der Waals surface area contributed by atoms with Gasteiger partial charge in [0.1, 0.15) is 5.78 Å². The van der Waals surface area contributed by atoms with E-state index in [2.05, 4.69) is 38.2 Å². The van der Waals surface area contributed by atoms with Crippen LogP contribution in [-0.4, -0.2) is 12.3 Å². The lowest BCUT2D eigenvalue weighted by molar-refractivity contribution is -0.116. The van der Waals surface area contributed by atoms with Crippen LogP contribution >= 0.6 is 0 Å². The third-order valence-electron chi connectivity index (χ3n) is 2.64. The molecule has 0 unspecified atom stereocenters. The van der Waals surface area contributed by atoms with Crippen molar-refractivity contribution >= 4 is 5.78 Å². The molecule has 0 atom stereocenters. The standard InChI is InChI=1S/C13H19NO/c1-9-5-11(3)13(6-10(9)2)8-14-7-12(4)15/h5-6,14H,7-8H2,1-4H3. The summed E-state index contributed by atoms with van der Waals surface area (Å²) in [5.41, 5.74) is 5.19. The Balaban J connectivity index is 2.69. The van der Waals surface area contributed by atoms with E-state index in [4.69, 9.17) is 0 Å². The van der Waals surface area contributed by atoms with Gasteiger partial charge in [-0.2, -0.15) is 0 Å². The number of aryl methyl sites for hydroxylation is 3. The molecule has 1 aromatic rings. The van der Waals surface area contributed by atoms with E-state index >= 15 is 0 Å². The SMILES string of the molecule is CC(=O)CNCc1cc(C)c(C)cc1C. The van der Waals surface area contributed by atoms with Crippen molar-refractivity contribution in [2.24, 2.45) is 0 Å². The fourth-order valence-corrected chi connectivity index (χ4v) is 1.58. The van der Waals surface area contributed by atoms with Crippen molar-refractivity contribution in [1.29, 1.82) is 0 Å². The Labute approximate surface area is 91.7 Å². The summed E-state index contributed by atoms with van der Waals surface area (Å²) in [7, 11) is 0. The highest BCUT2D eigenvalue weighted by atomic mass is 16.1. The van der Waals surface area contributed by atoms with Gasteiger partial charge in [0.2, 0.25) is 0 Å². The first kappa shape index (κ1) is 11.9. The Bertz CT molecular complexity index is 369. The summed E-state index contributed by atoms with van der Waals surface area (Å²) in [6.45, 7) is 9.16. The molecule has 0 aliphatic rings. The number of benzene rings is 1. The molecule has 0 fully saturated rings. The second kappa shape index (κ2) is 5.08. The summed E-state index contributed by atoms with van der Waals surface area (Å²) in [6, 6.07) is 4.39. The van der Waals surface area contributed by atoms with Gasteiger partial charge in [0.05, 0.1) is 6.54 Å². The lowest BCUT2D eigenvalue weighted by Gasteiger charge is -2.10. The number of hydrogen-bond acceptors (Lipinski definition) is 2. The summed E-state index contributed by atoms with van der Waals surface area (Å²) in [5.74, 6) is 0.177. The Kier molecular flexibility index (Phi) is 4.04. The van der Waals surface area contributed by atoms with Gasteiger partial charge in [-0.25, -0.2) is 0 Å². The molecule has 1 aromatic carbocycles. The topological polar surface area (TPSA) is 29.1 Å². The highest BCUT2D eigenvalue weighted by Gasteiger charge is 2.01. The number of hydrogen-bond donors (Lipinski definition) is 1. The zero-order chi connectivity index (χ0) is 11.4. The van der Waals surface area contributed by atoms with Gasteiger partial charge in [-0.1, -0.05) is 12.1 Å². The molecule has 15 heavy (non-hydrogen) atoms. The van der Waals surface area contributed by atoms with Crippen molar-refractivity contribution in [3.05, 3.63) is 34.4 Å². The summed E-state index contributed by atoms with van der Waals surface area (Å²) in [5, 5.41) is 3.14. The van der Waals surface area contributed by atoms with Gasteiger partial charge < -0.3 is 5.32 Å². The molecule has 0 heterocycles. The van der Waals surface area contributed by atoms with E-state index in [0.29, 0.717) is 6.54 Å². The third-order valence-corrected chi connectivity index (χ3v) is 2.64. The average Bonchev–Trinajstić information content (AvgIpc) is 2.13. The highest BCUT2D eigenvalue weighted by Crippen LogP contribution is 2.14. The summed E-state index contributed by atoms with van der Waals surface area (Å²) in [6.07, 6.45) is 0. The average molecular weight is 205 g/mol. The first-order valence-corrected chi connectivity index (χ1v) is 5.27. The monoisotopic (exact) mass is 205 g/mol. The van der Waals surface area contributed by atoms with Crippen LogP contribution in [0.3, 0.4) is 0 Å². The van der Waals surface area contributed by atoms with Crippen molar-refractivity contribution in [1.82, 2.24) is 5.32 Å². The van der Waals surface area contributed by atoms with Crippen LogP contribution in [-0.2, 0) is 11.3 Å². The molecule has 0 bridgehead atoms. The second-order valence-electron chi connectivity index (χ2n) is 4.17. The second-order valence-corrected chi connectivity index (χ2v) is 4.17. The van der Waals surface area contributed by atoms with Crippen LogP contribution < -0.4 is 5.32 Å². The molecule has 1 N–H and O–H groups in total. The van der Waals surface area contributed by atoms with Gasteiger partial charge in [-0.05, 0) is 49.9 Å². The molecular weight excluding hydrogens is 186 g/mol. The molecule has 0 saturated heterocycles. The Hall–Kier alpha value is -1.15. The maximum absolute atomic E-state index is 10.8. The molecule has 2 nitrogen and oxygen atoms in total. The number of carbonyl (C=O) groups is 1. The summed E-state index contributed by atoms with van der Waals surface area (Å²) >= 11 is 0. The minimum absolute atomic E-state index is 0.177. The number of ketones is 1. The van der Waals surface area contributed by atoms with Gasteiger partial charge in [0.25, 0.3) is 0 Å². The maximum atomic E-state index is 10.8. The van der Waals surface area contributed by atoms with Crippen LogP contribution in [0, 0.1) is 20.8 Å². The van der Waals surface area contributed by atoms with Crippen LogP contribution in [0.15, 0.2) is 12.1 Å². The lowest BCUT2D eigenvalue weighted by Crippen LogP contribution is -2.20. The zero-order valence-electron chi connectivity index (χ0n) is 9.98. The predicted molar refractivity (Wildman–Crippen MR) is 63.0 cm³/mol. The van der Waals surface area contributed by atoms with Gasteiger partial charge in [-0.15, -0.1) is 0 Å². The summed E-state index contributed by atoms with van der Waals surface area (Å²) < 4.78 is 0. The normalized spacial score (nSPS) is 10.4. The number of nitrogens with one attached hydrogen (secondary N) is 1. The fourth-order valence-electron chi connectivity index (χ4n) is 1.58. The van der Waals surface area contributed by atoms with E-state index in [0.717, 1.165) is 6.54 Å². The van der Waals surface area contributed by atoms with E-state index < -0.39 is 0 Å². The minimum Gasteiger partial charge on any atom is -0.306 e. The van der Waals surface area contributed by atoms with Crippen LogP contribution in [0.25, 0.3) is 0 Å². The number of carbonyl (C=O) groups excluding carboxylic acids is 1. The lowest BCUT2D eigenvalue weighted by atomic mass is 10.0. The van der Waals surface area contributed by atoms with Crippen molar-refractivity contribution < 1.29 is 4.79 Å². The quantitative estimate of drug-likeness (QED) is 0.817. The number of rotatable bonds is 4. The van der Waals surface area contributed by atoms with Gasteiger partial charge in [-0.3, -0.25) is 4.79 Å². The molecule has 1 rings (SSSR count). The van der Waals surface area contributed by atoms with Crippen LogP contribution in [0.5, 0.6) is 0 Å². The molecule has 0 amide bonds. The molecular formula is C13H19NO. The first-order chi connectivity index (χ1) is 7.00. The van der Waals surface area contributed by atoms with E-state index in [1.54, 1.807) is 6.92 Å². The predicted octanol–water partition coefficient (Wildman–Crippen LogP) is 2.29. The van der Waals surface area contributed by atoms with E-state index in [1.807, 2.05) is 0 Å². The maximum Gasteiger partial charge on any atom is 0.143 e. The van der Waals surface area contributed by atoms with Crippen molar-refractivity contribution in [3.8, 4) is 0 Å². The van der Waals surface area contributed by atoms with Gasteiger partial charge in [0, 0.05) is 6.54 Å². The molecule has 82 valence electrons. The molecule has 0 saturated carbocycles. The first-order valence-electron chi connectivity index (χ1n) is 5.27. The molecule has 0 aliphatic heterocycles. The van der Waals surface area contributed by atoms with E-state index in [1.165, 1.54) is 22.3 Å². The van der Waals surface area contributed by atoms with Crippen molar-refractivity contribution in [2.75, 3.05) is 6.54 Å². The third kappa shape index (κ3) is 3.48. The summed E-state index contributed by atoms with van der Waals surface area (Å²) in [4.78, 5) is 10.8. The molecule has 0 radical (unpaired) electrons. The van der Waals surface area contributed by atoms with Gasteiger partial charge in [0.15, 0.2) is 0 Å². The molecule has 0 aliphatic carbocycles. The van der Waals surface area contributed by atoms with Crippen molar-refractivity contribution in [2.45, 2.75) is 34.2 Å². The largest absolute Gasteiger partial charge is 0.306 e. The molecule has 2 heteroatoms. The Morgan fingerprint density at radius 1 is 1.13 bits per heavy atom. The van der Waals surface area contributed by atoms with Crippen molar-refractivity contribution in [3.63, 3.8) is 0 Å². The molecule has 0 aromatic heterocycles. The fraction of sp³-hybridized carbons (Fsp3) is 0.462. The van der Waals surface area contributed by atoms with E-state index in [9.17, 15) is 4.79 Å². The van der Waals surface area contributed by atoms with Crippen LogP contribution in [0.1, 0.15) is 29.2 Å². The highest BCUT2D eigenvalue weighted by molar-refractivity contribution is 5.77. The Morgan fingerprint density at radius 3 is 2.33 bits per heavy atom. The van der Waals surface area contributed by atoms with Crippen LogP contribution in [0.2, 0.25) is 0 Å².